The Morgan fingerprint density at radius 1 is 1.24 bits per heavy atom. The van der Waals surface area contributed by atoms with Gasteiger partial charge in [-0.05, 0) is 37.1 Å². The first-order valence-corrected chi connectivity index (χ1v) is 9.79. The van der Waals surface area contributed by atoms with Gasteiger partial charge in [-0.2, -0.15) is 0 Å². The molecule has 0 spiro atoms. The van der Waals surface area contributed by atoms with E-state index in [9.17, 15) is 13.2 Å². The van der Waals surface area contributed by atoms with Gasteiger partial charge >= 0.3 is 0 Å². The fourth-order valence-corrected chi connectivity index (χ4v) is 3.33. The normalized spacial score (nSPS) is 11.9. The number of hydrogen-bond acceptors (Lipinski definition) is 4. The molecule has 0 aliphatic rings. The molecule has 0 atom stereocenters. The second-order valence-electron chi connectivity index (χ2n) is 5.80. The van der Waals surface area contributed by atoms with Crippen LogP contribution in [-0.4, -0.2) is 57.8 Å². The summed E-state index contributed by atoms with van der Waals surface area (Å²) in [5.74, 6) is 0.194. The predicted molar refractivity (Wildman–Crippen MR) is 100 cm³/mol. The first-order valence-electron chi connectivity index (χ1n) is 8.35. The van der Waals surface area contributed by atoms with Crippen LogP contribution in [0.25, 0.3) is 6.08 Å². The van der Waals surface area contributed by atoms with Crippen LogP contribution in [0.3, 0.4) is 0 Å². The number of ether oxygens (including phenoxy) is 1. The first kappa shape index (κ1) is 21.2. The third-order valence-corrected chi connectivity index (χ3v) is 5.68. The molecule has 0 saturated heterocycles. The number of rotatable bonds is 9. The van der Waals surface area contributed by atoms with E-state index in [-0.39, 0.29) is 16.6 Å². The highest BCUT2D eigenvalue weighted by Gasteiger charge is 2.22. The van der Waals surface area contributed by atoms with Gasteiger partial charge in [0.25, 0.3) is 0 Å². The molecule has 6 nitrogen and oxygen atoms in total. The smallest absolute Gasteiger partial charge is 0.246 e. The fourth-order valence-electron chi connectivity index (χ4n) is 2.24. The molecule has 0 aromatic heterocycles. The molecule has 0 bridgehead atoms. The maximum atomic E-state index is 12.4. The van der Waals surface area contributed by atoms with Crippen molar-refractivity contribution in [2.75, 3.05) is 34.3 Å². The van der Waals surface area contributed by atoms with Gasteiger partial charge in [0.05, 0.1) is 7.11 Å². The Balaban J connectivity index is 3.09. The molecule has 0 N–H and O–H groups in total. The fraction of sp³-hybridized carbons (Fsp3) is 0.500. The number of sulfonamides is 1. The Morgan fingerprint density at radius 2 is 1.92 bits per heavy atom. The summed E-state index contributed by atoms with van der Waals surface area (Å²) < 4.78 is 31.1. The summed E-state index contributed by atoms with van der Waals surface area (Å²) in [5.41, 5.74) is 0.626. The molecule has 0 fully saturated rings. The van der Waals surface area contributed by atoms with Gasteiger partial charge in [-0.15, -0.1) is 0 Å². The summed E-state index contributed by atoms with van der Waals surface area (Å²) in [5, 5.41) is 0. The van der Waals surface area contributed by atoms with Crippen molar-refractivity contribution in [3.8, 4) is 5.75 Å². The lowest BCUT2D eigenvalue weighted by molar-refractivity contribution is -0.125. The summed E-state index contributed by atoms with van der Waals surface area (Å²) in [6.07, 6.45) is 5.09. The van der Waals surface area contributed by atoms with Gasteiger partial charge < -0.3 is 9.64 Å². The molecule has 140 valence electrons. The van der Waals surface area contributed by atoms with E-state index in [1.165, 1.54) is 33.3 Å². The van der Waals surface area contributed by atoms with E-state index < -0.39 is 10.0 Å². The maximum Gasteiger partial charge on any atom is 0.246 e. The quantitative estimate of drug-likeness (QED) is 0.629. The van der Waals surface area contributed by atoms with E-state index in [1.807, 2.05) is 6.92 Å². The number of unbranched alkanes of at least 4 members (excludes halogenated alkanes) is 1. The van der Waals surface area contributed by atoms with Gasteiger partial charge in [-0.25, -0.2) is 12.7 Å². The number of carbonyl (C=O) groups excluding carboxylic acids is 1. The number of hydrogen-bond donors (Lipinski definition) is 0. The molecule has 0 aliphatic carbocycles. The lowest BCUT2D eigenvalue weighted by Crippen LogP contribution is -2.30. The van der Waals surface area contributed by atoms with E-state index in [1.54, 1.807) is 23.1 Å². The molecule has 0 radical (unpaired) electrons. The summed E-state index contributed by atoms with van der Waals surface area (Å²) in [7, 11) is 0.724. The first-order chi connectivity index (χ1) is 11.8. The van der Waals surface area contributed by atoms with Crippen molar-refractivity contribution in [2.45, 2.75) is 31.6 Å². The molecule has 7 heteroatoms. The molecule has 1 aromatic rings. The highest BCUT2D eigenvalue weighted by Crippen LogP contribution is 2.27. The van der Waals surface area contributed by atoms with Gasteiger partial charge in [0, 0.05) is 33.3 Å². The van der Waals surface area contributed by atoms with Crippen molar-refractivity contribution < 1.29 is 17.9 Å². The van der Waals surface area contributed by atoms with Crippen molar-refractivity contribution in [3.63, 3.8) is 0 Å². The van der Waals surface area contributed by atoms with Crippen molar-refractivity contribution >= 4 is 22.0 Å². The zero-order chi connectivity index (χ0) is 19.0. The van der Waals surface area contributed by atoms with Crippen molar-refractivity contribution in [2.24, 2.45) is 0 Å². The van der Waals surface area contributed by atoms with E-state index in [2.05, 4.69) is 6.92 Å². The summed E-state index contributed by atoms with van der Waals surface area (Å²) in [6, 6.07) is 4.83. The molecule has 1 aromatic carbocycles. The molecule has 1 rings (SSSR count). The topological polar surface area (TPSA) is 66.9 Å². The third-order valence-electron chi connectivity index (χ3n) is 3.84. The number of methoxy groups -OCH3 is 1. The maximum absolute atomic E-state index is 12.4. The highest BCUT2D eigenvalue weighted by molar-refractivity contribution is 7.89. The Morgan fingerprint density at radius 3 is 2.44 bits per heavy atom. The number of likely N-dealkylation sites (N-methyl/N-ethyl adjacent to an activating group) is 1. The SMILES string of the molecule is CCCCN(CC)C(=O)/C=C/c1ccc(OC)c(S(=O)(=O)N(C)C)c1. The molecular weight excluding hydrogens is 340 g/mol. The van der Waals surface area contributed by atoms with Crippen LogP contribution < -0.4 is 4.74 Å². The van der Waals surface area contributed by atoms with Gasteiger partial charge in [0.2, 0.25) is 15.9 Å². The third kappa shape index (κ3) is 5.57. The Bertz CT molecular complexity index is 712. The Hall–Kier alpha value is -1.86. The van der Waals surface area contributed by atoms with Gasteiger partial charge in [0.1, 0.15) is 10.6 Å². The molecule has 25 heavy (non-hydrogen) atoms. The summed E-state index contributed by atoms with van der Waals surface area (Å²) in [6.45, 7) is 5.39. The van der Waals surface area contributed by atoms with Gasteiger partial charge in [-0.3, -0.25) is 4.79 Å². The largest absolute Gasteiger partial charge is 0.495 e. The minimum atomic E-state index is -3.63. The Labute approximate surface area is 151 Å². The molecular formula is C18H28N2O4S. The number of nitrogens with zero attached hydrogens (tertiary/aromatic N) is 2. The highest BCUT2D eigenvalue weighted by atomic mass is 32.2. The molecule has 0 aliphatic heterocycles. The van der Waals surface area contributed by atoms with Crippen molar-refractivity contribution in [1.29, 1.82) is 0 Å². The lowest BCUT2D eigenvalue weighted by atomic mass is 10.2. The molecule has 0 unspecified atom stereocenters. The second-order valence-corrected chi connectivity index (χ2v) is 7.92. The summed E-state index contributed by atoms with van der Waals surface area (Å²) >= 11 is 0. The van der Waals surface area contributed by atoms with Crippen LogP contribution in [0, 0.1) is 0 Å². The average molecular weight is 368 g/mol. The standard InChI is InChI=1S/C18H28N2O4S/c1-6-8-13-20(7-2)18(21)12-10-15-9-11-16(24-5)17(14-15)25(22,23)19(3)4/h9-12,14H,6-8,13H2,1-5H3/b12-10+. The number of amides is 1. The van der Waals surface area contributed by atoms with Gasteiger partial charge in [0.15, 0.2) is 0 Å². The minimum Gasteiger partial charge on any atom is -0.495 e. The van der Waals surface area contributed by atoms with Crippen LogP contribution >= 0.6 is 0 Å². The van der Waals surface area contributed by atoms with E-state index in [0.29, 0.717) is 12.1 Å². The van der Waals surface area contributed by atoms with Crippen LogP contribution in [0.4, 0.5) is 0 Å². The van der Waals surface area contributed by atoms with E-state index in [0.717, 1.165) is 23.7 Å². The molecule has 0 heterocycles. The van der Waals surface area contributed by atoms with Crippen LogP contribution in [0.1, 0.15) is 32.3 Å². The predicted octanol–water partition coefficient (Wildman–Crippen LogP) is 2.61. The minimum absolute atomic E-state index is 0.0768. The number of benzene rings is 1. The number of carbonyl (C=O) groups is 1. The molecule has 1 amide bonds. The monoisotopic (exact) mass is 368 g/mol. The van der Waals surface area contributed by atoms with Crippen LogP contribution in [0.15, 0.2) is 29.2 Å². The van der Waals surface area contributed by atoms with Gasteiger partial charge in [-0.1, -0.05) is 19.4 Å². The summed E-state index contributed by atoms with van der Waals surface area (Å²) in [4.78, 5) is 14.1. The lowest BCUT2D eigenvalue weighted by Gasteiger charge is -2.18. The zero-order valence-electron chi connectivity index (χ0n) is 15.7. The van der Waals surface area contributed by atoms with Crippen molar-refractivity contribution in [1.82, 2.24) is 9.21 Å². The Kier molecular flexibility index (Phi) is 8.12. The van der Waals surface area contributed by atoms with E-state index >= 15 is 0 Å². The van der Waals surface area contributed by atoms with E-state index in [4.69, 9.17) is 4.74 Å². The second kappa shape index (κ2) is 9.58. The van der Waals surface area contributed by atoms with Crippen molar-refractivity contribution in [3.05, 3.63) is 29.8 Å². The van der Waals surface area contributed by atoms with Crippen LogP contribution in [0.5, 0.6) is 5.75 Å². The molecule has 0 saturated carbocycles. The van der Waals surface area contributed by atoms with Crippen LogP contribution in [-0.2, 0) is 14.8 Å². The average Bonchev–Trinajstić information content (AvgIpc) is 2.60. The zero-order valence-corrected chi connectivity index (χ0v) is 16.5. The van der Waals surface area contributed by atoms with Crippen LogP contribution in [0.2, 0.25) is 0 Å².